The van der Waals surface area contributed by atoms with Crippen LogP contribution in [0.2, 0.25) is 0 Å². The van der Waals surface area contributed by atoms with E-state index in [1.165, 1.54) is 6.07 Å². The number of aryl methyl sites for hydroxylation is 1. The number of H-pyrrole nitrogens is 1. The smallest absolute Gasteiger partial charge is 0.378 e. The second-order valence-electron chi connectivity index (χ2n) is 7.76. The van der Waals surface area contributed by atoms with Gasteiger partial charge in [-0.1, -0.05) is 12.1 Å². The van der Waals surface area contributed by atoms with Gasteiger partial charge >= 0.3 is 6.18 Å². The zero-order chi connectivity index (χ0) is 23.4. The first-order chi connectivity index (χ1) is 15.8. The Morgan fingerprint density at radius 1 is 1.15 bits per heavy atom. The molecule has 1 aromatic heterocycles. The molecule has 1 aliphatic heterocycles. The maximum absolute atomic E-state index is 13.2. The van der Waals surface area contributed by atoms with Crippen LogP contribution in [0.15, 0.2) is 47.3 Å². The summed E-state index contributed by atoms with van der Waals surface area (Å²) < 4.78 is 45.0. The van der Waals surface area contributed by atoms with Crippen LogP contribution < -0.4 is 15.8 Å². The van der Waals surface area contributed by atoms with Gasteiger partial charge in [-0.25, -0.2) is 4.98 Å². The number of rotatable bonds is 6. The van der Waals surface area contributed by atoms with Crippen molar-refractivity contribution in [2.75, 3.05) is 36.5 Å². The third-order valence-electron chi connectivity index (χ3n) is 5.43. The minimum atomic E-state index is -4.52. The molecule has 0 saturated carbocycles. The molecule has 0 spiro atoms. The number of carbonyl (C=O) groups is 1. The van der Waals surface area contributed by atoms with Crippen molar-refractivity contribution < 1.29 is 22.7 Å². The van der Waals surface area contributed by atoms with Crippen molar-refractivity contribution in [3.05, 3.63) is 64.2 Å². The molecule has 0 atom stereocenters. The molecule has 0 aliphatic carbocycles. The molecule has 0 radical (unpaired) electrons. The average Bonchev–Trinajstić information content (AvgIpc) is 2.79. The van der Waals surface area contributed by atoms with Gasteiger partial charge in [0.15, 0.2) is 0 Å². The number of morpholine rings is 1. The SMILES string of the molecule is O=C(CCCc1nc2ccccc2c(=O)[nH]1)Nc1cc(C(F)(F)F)ccc1N1CCOCC1. The fraction of sp³-hybridized carbons (Fsp3) is 0.348. The second kappa shape index (κ2) is 9.62. The first kappa shape index (κ1) is 22.8. The van der Waals surface area contributed by atoms with Gasteiger partial charge in [-0.2, -0.15) is 13.2 Å². The van der Waals surface area contributed by atoms with E-state index < -0.39 is 17.6 Å². The van der Waals surface area contributed by atoms with Crippen molar-refractivity contribution in [1.82, 2.24) is 9.97 Å². The molecule has 2 heterocycles. The van der Waals surface area contributed by atoms with Crippen LogP contribution in [0.4, 0.5) is 24.5 Å². The van der Waals surface area contributed by atoms with E-state index in [1.54, 1.807) is 24.3 Å². The minimum Gasteiger partial charge on any atom is -0.378 e. The third-order valence-corrected chi connectivity index (χ3v) is 5.43. The number of alkyl halides is 3. The highest BCUT2D eigenvalue weighted by Gasteiger charge is 2.32. The minimum absolute atomic E-state index is 0.0648. The Hall–Kier alpha value is -3.40. The Morgan fingerprint density at radius 2 is 1.91 bits per heavy atom. The molecular weight excluding hydrogens is 437 g/mol. The number of nitrogens with one attached hydrogen (secondary N) is 2. The number of amides is 1. The molecule has 4 rings (SSSR count). The van der Waals surface area contributed by atoms with Crippen molar-refractivity contribution >= 4 is 28.2 Å². The quantitative estimate of drug-likeness (QED) is 0.585. The maximum atomic E-state index is 13.2. The Labute approximate surface area is 187 Å². The lowest BCUT2D eigenvalue weighted by Gasteiger charge is -2.31. The predicted molar refractivity (Wildman–Crippen MR) is 118 cm³/mol. The number of halogens is 3. The Kier molecular flexibility index (Phi) is 6.64. The summed E-state index contributed by atoms with van der Waals surface area (Å²) in [6.07, 6.45) is -3.72. The van der Waals surface area contributed by atoms with Crippen molar-refractivity contribution in [1.29, 1.82) is 0 Å². The zero-order valence-corrected chi connectivity index (χ0v) is 17.7. The molecule has 7 nitrogen and oxygen atoms in total. The number of carbonyl (C=O) groups excluding carboxylic acids is 1. The van der Waals surface area contributed by atoms with Gasteiger partial charge in [0.05, 0.1) is 41.1 Å². The van der Waals surface area contributed by atoms with Crippen LogP contribution in [0.3, 0.4) is 0 Å². The van der Waals surface area contributed by atoms with Gasteiger partial charge in [-0.05, 0) is 36.8 Å². The van der Waals surface area contributed by atoms with Gasteiger partial charge in [-0.3, -0.25) is 9.59 Å². The topological polar surface area (TPSA) is 87.3 Å². The molecular formula is C23H23F3N4O3. The molecule has 0 unspecified atom stereocenters. The zero-order valence-electron chi connectivity index (χ0n) is 17.7. The number of para-hydroxylation sites is 1. The summed E-state index contributed by atoms with van der Waals surface area (Å²) in [7, 11) is 0. The summed E-state index contributed by atoms with van der Waals surface area (Å²) in [4.78, 5) is 33.7. The molecule has 1 saturated heterocycles. The molecule has 174 valence electrons. The molecule has 33 heavy (non-hydrogen) atoms. The number of aromatic nitrogens is 2. The van der Waals surface area contributed by atoms with E-state index >= 15 is 0 Å². The normalized spacial score (nSPS) is 14.5. The molecule has 1 aliphatic rings. The summed E-state index contributed by atoms with van der Waals surface area (Å²) in [6, 6.07) is 10.3. The number of benzene rings is 2. The number of nitrogens with zero attached hydrogens (tertiary/aromatic N) is 2. The number of fused-ring (bicyclic) bond motifs is 1. The Morgan fingerprint density at radius 3 is 2.67 bits per heavy atom. The number of anilines is 2. The third kappa shape index (κ3) is 5.51. The van der Waals surface area contributed by atoms with E-state index in [2.05, 4.69) is 15.3 Å². The molecule has 0 bridgehead atoms. The number of ether oxygens (including phenoxy) is 1. The Bertz CT molecular complexity index is 1200. The molecule has 2 N–H and O–H groups in total. The highest BCUT2D eigenvalue weighted by molar-refractivity contribution is 5.94. The van der Waals surface area contributed by atoms with Crippen LogP contribution in [0.1, 0.15) is 24.2 Å². The van der Waals surface area contributed by atoms with Crippen LogP contribution in [0.25, 0.3) is 10.9 Å². The van der Waals surface area contributed by atoms with Crippen LogP contribution in [0.5, 0.6) is 0 Å². The van der Waals surface area contributed by atoms with E-state index in [4.69, 9.17) is 4.74 Å². The highest BCUT2D eigenvalue weighted by Crippen LogP contribution is 2.35. The van der Waals surface area contributed by atoms with Crippen LogP contribution >= 0.6 is 0 Å². The van der Waals surface area contributed by atoms with E-state index in [1.807, 2.05) is 4.90 Å². The van der Waals surface area contributed by atoms with Gasteiger partial charge in [0.1, 0.15) is 5.82 Å². The highest BCUT2D eigenvalue weighted by atomic mass is 19.4. The maximum Gasteiger partial charge on any atom is 0.416 e. The van der Waals surface area contributed by atoms with E-state index in [0.717, 1.165) is 12.1 Å². The van der Waals surface area contributed by atoms with Gasteiger partial charge in [0.2, 0.25) is 5.91 Å². The standard InChI is InChI=1S/C23H23F3N4O3/c24-23(25,26)15-8-9-19(30-10-12-33-13-11-30)18(14-15)28-21(31)7-3-6-20-27-17-5-2-1-4-16(17)22(32)29-20/h1-2,4-5,8-9,14H,3,6-7,10-13H2,(H,28,31)(H,27,29,32). The lowest BCUT2D eigenvalue weighted by molar-refractivity contribution is -0.137. The number of hydrogen-bond acceptors (Lipinski definition) is 5. The predicted octanol–water partition coefficient (Wildman–Crippen LogP) is 3.74. The number of aromatic amines is 1. The van der Waals surface area contributed by atoms with Crippen molar-refractivity contribution in [3.8, 4) is 0 Å². The summed E-state index contributed by atoms with van der Waals surface area (Å²) in [5.74, 6) is 0.0477. The van der Waals surface area contributed by atoms with E-state index in [0.29, 0.717) is 61.6 Å². The van der Waals surface area contributed by atoms with Gasteiger partial charge < -0.3 is 19.9 Å². The van der Waals surface area contributed by atoms with E-state index in [-0.39, 0.29) is 17.7 Å². The molecule has 1 fully saturated rings. The van der Waals surface area contributed by atoms with Crippen molar-refractivity contribution in [2.24, 2.45) is 0 Å². The average molecular weight is 460 g/mol. The van der Waals surface area contributed by atoms with Gasteiger partial charge in [0, 0.05) is 25.9 Å². The summed E-state index contributed by atoms with van der Waals surface area (Å²) in [5, 5.41) is 3.12. The largest absolute Gasteiger partial charge is 0.416 e. The molecule has 1 amide bonds. The van der Waals surface area contributed by atoms with Crippen molar-refractivity contribution in [3.63, 3.8) is 0 Å². The fourth-order valence-electron chi connectivity index (χ4n) is 3.77. The lowest BCUT2D eigenvalue weighted by Crippen LogP contribution is -2.36. The first-order valence-electron chi connectivity index (χ1n) is 10.6. The summed E-state index contributed by atoms with van der Waals surface area (Å²) >= 11 is 0. The van der Waals surface area contributed by atoms with Crippen LogP contribution in [0, 0.1) is 0 Å². The Balaban J connectivity index is 1.44. The van der Waals surface area contributed by atoms with Crippen molar-refractivity contribution in [2.45, 2.75) is 25.4 Å². The lowest BCUT2D eigenvalue weighted by atomic mass is 10.1. The fourth-order valence-corrected chi connectivity index (χ4v) is 3.77. The van der Waals surface area contributed by atoms with Crippen LogP contribution in [-0.4, -0.2) is 42.2 Å². The van der Waals surface area contributed by atoms with E-state index in [9.17, 15) is 22.8 Å². The van der Waals surface area contributed by atoms with Gasteiger partial charge in [-0.15, -0.1) is 0 Å². The first-order valence-corrected chi connectivity index (χ1v) is 10.6. The summed E-state index contributed by atoms with van der Waals surface area (Å²) in [5.41, 5.74) is 0.140. The molecule has 10 heteroatoms. The monoisotopic (exact) mass is 460 g/mol. The molecule has 2 aromatic carbocycles. The summed E-state index contributed by atoms with van der Waals surface area (Å²) in [6.45, 7) is 1.97. The van der Waals surface area contributed by atoms with Crippen LogP contribution in [-0.2, 0) is 22.1 Å². The second-order valence-corrected chi connectivity index (χ2v) is 7.76. The van der Waals surface area contributed by atoms with Gasteiger partial charge in [0.25, 0.3) is 5.56 Å². The molecule has 3 aromatic rings. The number of hydrogen-bond donors (Lipinski definition) is 2.